The normalized spacial score (nSPS) is 14.9. The van der Waals surface area contributed by atoms with Crippen molar-refractivity contribution in [3.05, 3.63) is 36.1 Å². The zero-order valence-electron chi connectivity index (χ0n) is 11.7. The van der Waals surface area contributed by atoms with Gasteiger partial charge in [-0.1, -0.05) is 12.1 Å². The fourth-order valence-electron chi connectivity index (χ4n) is 2.23. The van der Waals surface area contributed by atoms with Crippen LogP contribution in [0.25, 0.3) is 0 Å². The molecule has 1 aliphatic heterocycles. The van der Waals surface area contributed by atoms with E-state index in [2.05, 4.69) is 25.5 Å². The first kappa shape index (κ1) is 13.6. The number of hydrogen-bond donors (Lipinski definition) is 3. The first-order valence-electron chi connectivity index (χ1n) is 6.74. The van der Waals surface area contributed by atoms with E-state index in [-0.39, 0.29) is 11.8 Å². The molecule has 7 heteroatoms. The summed E-state index contributed by atoms with van der Waals surface area (Å²) in [6, 6.07) is 8.66. The monoisotopic (exact) mass is 288 g/mol. The van der Waals surface area contributed by atoms with E-state index in [0.717, 1.165) is 18.9 Å². The first-order valence-corrected chi connectivity index (χ1v) is 6.74. The molecule has 110 valence electrons. The maximum atomic E-state index is 13.7. The lowest BCUT2D eigenvalue weighted by atomic mass is 10.1. The van der Waals surface area contributed by atoms with Crippen LogP contribution in [-0.4, -0.2) is 36.1 Å². The largest absolute Gasteiger partial charge is 0.368 e. The third-order valence-electron chi connectivity index (χ3n) is 3.48. The summed E-state index contributed by atoms with van der Waals surface area (Å²) < 4.78 is 13.7. The Bertz CT molecular complexity index is 641. The highest BCUT2D eigenvalue weighted by Crippen LogP contribution is 2.24. The molecule has 4 N–H and O–H groups in total. The lowest BCUT2D eigenvalue weighted by Gasteiger charge is -2.40. The molecule has 6 nitrogen and oxygen atoms in total. The van der Waals surface area contributed by atoms with Crippen LogP contribution in [0.4, 0.5) is 27.7 Å². The lowest BCUT2D eigenvalue weighted by Crippen LogP contribution is -2.57. The van der Waals surface area contributed by atoms with Gasteiger partial charge in [-0.25, -0.2) is 4.39 Å². The van der Waals surface area contributed by atoms with Crippen LogP contribution in [0.3, 0.4) is 0 Å². The summed E-state index contributed by atoms with van der Waals surface area (Å²) in [5, 5.41) is 6.13. The lowest BCUT2D eigenvalue weighted by molar-refractivity contribution is 0.447. The molecule has 0 spiro atoms. The van der Waals surface area contributed by atoms with Crippen LogP contribution in [0.1, 0.15) is 0 Å². The second-order valence-electron chi connectivity index (χ2n) is 4.97. The van der Waals surface area contributed by atoms with E-state index < -0.39 is 0 Å². The van der Waals surface area contributed by atoms with E-state index >= 15 is 0 Å². The molecule has 3 rings (SSSR count). The molecule has 0 radical (unpaired) electrons. The molecule has 1 fully saturated rings. The maximum Gasteiger partial charge on any atom is 0.223 e. The van der Waals surface area contributed by atoms with Crippen LogP contribution in [0, 0.1) is 5.82 Å². The van der Waals surface area contributed by atoms with Crippen LogP contribution < -0.4 is 21.3 Å². The molecule has 1 aromatic carbocycles. The van der Waals surface area contributed by atoms with Crippen LogP contribution >= 0.6 is 0 Å². The molecule has 0 unspecified atom stereocenters. The van der Waals surface area contributed by atoms with Gasteiger partial charge in [0.15, 0.2) is 0 Å². The Hall–Kier alpha value is -2.41. The fraction of sp³-hybridized carbons (Fsp3) is 0.286. The van der Waals surface area contributed by atoms with E-state index in [1.165, 1.54) is 6.07 Å². The molecule has 1 aromatic heterocycles. The number of likely N-dealkylation sites (N-methyl/N-ethyl adjacent to an activating group) is 1. The number of aromatic nitrogens is 2. The van der Waals surface area contributed by atoms with Crippen molar-refractivity contribution in [1.82, 2.24) is 15.3 Å². The van der Waals surface area contributed by atoms with Crippen molar-refractivity contribution in [3.63, 3.8) is 0 Å². The minimum atomic E-state index is -0.338. The Kier molecular flexibility index (Phi) is 3.57. The highest BCUT2D eigenvalue weighted by molar-refractivity contribution is 5.62. The predicted octanol–water partition coefficient (Wildman–Crippen LogP) is 1.35. The number of benzene rings is 1. The number of para-hydroxylation sites is 1. The fourth-order valence-corrected chi connectivity index (χ4v) is 2.23. The maximum absolute atomic E-state index is 13.7. The highest BCUT2D eigenvalue weighted by Gasteiger charge is 2.26. The molecular formula is C14H17FN6. The molecule has 21 heavy (non-hydrogen) atoms. The molecule has 0 saturated carbocycles. The quantitative estimate of drug-likeness (QED) is 0.788. The SMILES string of the molecule is CNC1CN(c2cc(Nc3ccccc3F)nc(N)n2)C1. The van der Waals surface area contributed by atoms with Crippen molar-refractivity contribution in [3.8, 4) is 0 Å². The minimum Gasteiger partial charge on any atom is -0.368 e. The molecule has 0 bridgehead atoms. The summed E-state index contributed by atoms with van der Waals surface area (Å²) >= 11 is 0. The van der Waals surface area contributed by atoms with Gasteiger partial charge in [0, 0.05) is 25.2 Å². The van der Waals surface area contributed by atoms with E-state index in [1.54, 1.807) is 24.3 Å². The van der Waals surface area contributed by atoms with Crippen molar-refractivity contribution in [1.29, 1.82) is 0 Å². The summed E-state index contributed by atoms with van der Waals surface area (Å²) in [4.78, 5) is 10.4. The van der Waals surface area contributed by atoms with Gasteiger partial charge in [0.1, 0.15) is 17.5 Å². The van der Waals surface area contributed by atoms with E-state index in [1.807, 2.05) is 7.05 Å². The summed E-state index contributed by atoms with van der Waals surface area (Å²) in [6.45, 7) is 1.73. The second kappa shape index (κ2) is 5.53. The number of nitrogens with zero attached hydrogens (tertiary/aromatic N) is 3. The molecule has 2 aromatic rings. The van der Waals surface area contributed by atoms with Crippen LogP contribution in [-0.2, 0) is 0 Å². The van der Waals surface area contributed by atoms with Gasteiger partial charge in [-0.3, -0.25) is 0 Å². The van der Waals surface area contributed by atoms with Gasteiger partial charge in [0.2, 0.25) is 5.95 Å². The van der Waals surface area contributed by atoms with Crippen LogP contribution in [0.2, 0.25) is 0 Å². The third kappa shape index (κ3) is 2.87. The number of nitrogen functional groups attached to an aromatic ring is 1. The van der Waals surface area contributed by atoms with Crippen LogP contribution in [0.5, 0.6) is 0 Å². The predicted molar refractivity (Wildman–Crippen MR) is 81.2 cm³/mol. The van der Waals surface area contributed by atoms with Crippen molar-refractivity contribution in [2.24, 2.45) is 0 Å². The van der Waals surface area contributed by atoms with Crippen molar-refractivity contribution >= 4 is 23.3 Å². The zero-order valence-corrected chi connectivity index (χ0v) is 11.7. The Morgan fingerprint density at radius 3 is 2.76 bits per heavy atom. The summed E-state index contributed by atoms with van der Waals surface area (Å²) in [6.07, 6.45) is 0. The zero-order chi connectivity index (χ0) is 14.8. The molecule has 1 aliphatic rings. The topological polar surface area (TPSA) is 79.1 Å². The molecule has 0 aliphatic carbocycles. The van der Waals surface area contributed by atoms with Gasteiger partial charge in [0.25, 0.3) is 0 Å². The number of halogens is 1. The third-order valence-corrected chi connectivity index (χ3v) is 3.48. The van der Waals surface area contributed by atoms with Gasteiger partial charge >= 0.3 is 0 Å². The average Bonchev–Trinajstić information content (AvgIpc) is 2.40. The Balaban J connectivity index is 1.80. The minimum absolute atomic E-state index is 0.166. The van der Waals surface area contributed by atoms with Crippen molar-refractivity contribution < 1.29 is 4.39 Å². The van der Waals surface area contributed by atoms with Gasteiger partial charge in [-0.15, -0.1) is 0 Å². The van der Waals surface area contributed by atoms with E-state index in [9.17, 15) is 4.39 Å². The Labute approximate surface area is 122 Å². The molecule has 0 atom stereocenters. The Morgan fingerprint density at radius 1 is 1.29 bits per heavy atom. The molecule has 1 saturated heterocycles. The van der Waals surface area contributed by atoms with E-state index in [4.69, 9.17) is 5.73 Å². The van der Waals surface area contributed by atoms with E-state index in [0.29, 0.717) is 17.5 Å². The highest BCUT2D eigenvalue weighted by atomic mass is 19.1. The standard InChI is InChI=1S/C14H17FN6/c1-17-9-7-21(8-9)13-6-12(19-14(16)20-13)18-11-5-3-2-4-10(11)15/h2-6,9,17H,7-8H2,1H3,(H3,16,18,19,20). The molecular weight excluding hydrogens is 271 g/mol. The van der Waals surface area contributed by atoms with Crippen molar-refractivity contribution in [2.75, 3.05) is 36.1 Å². The van der Waals surface area contributed by atoms with Crippen molar-refractivity contribution in [2.45, 2.75) is 6.04 Å². The Morgan fingerprint density at radius 2 is 2.05 bits per heavy atom. The molecule has 2 heterocycles. The van der Waals surface area contributed by atoms with Gasteiger partial charge in [-0.2, -0.15) is 9.97 Å². The van der Waals surface area contributed by atoms with Gasteiger partial charge < -0.3 is 21.3 Å². The number of rotatable bonds is 4. The number of hydrogen-bond acceptors (Lipinski definition) is 6. The molecule has 0 amide bonds. The summed E-state index contributed by atoms with van der Waals surface area (Å²) in [7, 11) is 1.93. The van der Waals surface area contributed by atoms with Gasteiger partial charge in [-0.05, 0) is 19.2 Å². The summed E-state index contributed by atoms with van der Waals surface area (Å²) in [5.74, 6) is 1.05. The summed E-state index contributed by atoms with van der Waals surface area (Å²) in [5.41, 5.74) is 6.10. The van der Waals surface area contributed by atoms with Gasteiger partial charge in [0.05, 0.1) is 5.69 Å². The average molecular weight is 288 g/mol. The number of nitrogens with two attached hydrogens (primary N) is 1. The van der Waals surface area contributed by atoms with Crippen LogP contribution in [0.15, 0.2) is 30.3 Å². The number of nitrogens with one attached hydrogen (secondary N) is 2. The number of anilines is 4. The first-order chi connectivity index (χ1) is 10.2. The smallest absolute Gasteiger partial charge is 0.223 e. The second-order valence-corrected chi connectivity index (χ2v) is 4.97.